The van der Waals surface area contributed by atoms with Gasteiger partial charge in [0.1, 0.15) is 4.60 Å². The monoisotopic (exact) mass is 299 g/mol. The summed E-state index contributed by atoms with van der Waals surface area (Å²) in [5.74, 6) is 0.0434. The van der Waals surface area contributed by atoms with E-state index in [-0.39, 0.29) is 5.91 Å². The van der Waals surface area contributed by atoms with Gasteiger partial charge in [0.15, 0.2) is 0 Å². The summed E-state index contributed by atoms with van der Waals surface area (Å²) in [6.07, 6.45) is 6.30. The number of rotatable bonds is 7. The highest BCUT2D eigenvalue weighted by atomic mass is 79.9. The smallest absolute Gasteiger partial charge is 0.224 e. The van der Waals surface area contributed by atoms with Gasteiger partial charge < -0.3 is 11.1 Å². The molecule has 0 aliphatic rings. The van der Waals surface area contributed by atoms with Gasteiger partial charge in [-0.1, -0.05) is 12.8 Å². The molecule has 5 heteroatoms. The number of unbranched alkanes of at least 4 members (excludes halogenated alkanes) is 3. The highest BCUT2D eigenvalue weighted by molar-refractivity contribution is 9.10. The molecule has 0 fully saturated rings. The topological polar surface area (TPSA) is 68.0 Å². The van der Waals surface area contributed by atoms with Gasteiger partial charge in [-0.05, 0) is 47.4 Å². The first-order valence-corrected chi connectivity index (χ1v) is 6.63. The Hall–Kier alpha value is -0.940. The molecule has 1 aromatic rings. The van der Waals surface area contributed by atoms with Gasteiger partial charge in [-0.2, -0.15) is 0 Å². The fourth-order valence-electron chi connectivity index (χ4n) is 1.46. The average Bonchev–Trinajstić information content (AvgIpc) is 2.32. The summed E-state index contributed by atoms with van der Waals surface area (Å²) >= 11 is 3.24. The Morgan fingerprint density at radius 1 is 1.29 bits per heavy atom. The van der Waals surface area contributed by atoms with Gasteiger partial charge in [0.05, 0.1) is 11.9 Å². The second-order valence-electron chi connectivity index (χ2n) is 3.87. The van der Waals surface area contributed by atoms with Gasteiger partial charge in [0, 0.05) is 6.42 Å². The zero-order valence-corrected chi connectivity index (χ0v) is 11.4. The van der Waals surface area contributed by atoms with Crippen molar-refractivity contribution in [3.05, 3.63) is 22.9 Å². The van der Waals surface area contributed by atoms with E-state index in [9.17, 15) is 4.79 Å². The molecule has 94 valence electrons. The second kappa shape index (κ2) is 8.20. The van der Waals surface area contributed by atoms with Crippen LogP contribution in [0.2, 0.25) is 0 Å². The average molecular weight is 300 g/mol. The van der Waals surface area contributed by atoms with E-state index in [1.54, 1.807) is 12.3 Å². The second-order valence-corrected chi connectivity index (χ2v) is 4.68. The Morgan fingerprint density at radius 3 is 2.71 bits per heavy atom. The fraction of sp³-hybridized carbons (Fsp3) is 0.500. The molecule has 0 radical (unpaired) electrons. The van der Waals surface area contributed by atoms with Crippen LogP contribution >= 0.6 is 15.9 Å². The Balaban J connectivity index is 2.18. The number of hydrogen-bond acceptors (Lipinski definition) is 3. The molecule has 0 unspecified atom stereocenters. The van der Waals surface area contributed by atoms with Crippen molar-refractivity contribution in [2.24, 2.45) is 5.73 Å². The Morgan fingerprint density at radius 2 is 2.06 bits per heavy atom. The van der Waals surface area contributed by atoms with E-state index in [1.165, 1.54) is 0 Å². The molecule has 0 atom stereocenters. The number of carbonyl (C=O) groups is 1. The lowest BCUT2D eigenvalue weighted by Crippen LogP contribution is -2.11. The van der Waals surface area contributed by atoms with E-state index in [4.69, 9.17) is 5.73 Å². The summed E-state index contributed by atoms with van der Waals surface area (Å²) in [6, 6.07) is 3.63. The quantitative estimate of drug-likeness (QED) is 0.601. The van der Waals surface area contributed by atoms with Crippen LogP contribution in [0.15, 0.2) is 22.9 Å². The minimum atomic E-state index is 0.0434. The Bertz CT molecular complexity index is 340. The summed E-state index contributed by atoms with van der Waals surface area (Å²) in [6.45, 7) is 0.733. The van der Waals surface area contributed by atoms with Crippen molar-refractivity contribution in [3.8, 4) is 0 Å². The number of anilines is 1. The summed E-state index contributed by atoms with van der Waals surface area (Å²) in [7, 11) is 0. The third-order valence-electron chi connectivity index (χ3n) is 2.37. The highest BCUT2D eigenvalue weighted by Crippen LogP contribution is 2.11. The number of nitrogens with one attached hydrogen (secondary N) is 1. The van der Waals surface area contributed by atoms with Crippen molar-refractivity contribution < 1.29 is 4.79 Å². The van der Waals surface area contributed by atoms with Crippen molar-refractivity contribution >= 4 is 27.5 Å². The first kappa shape index (κ1) is 14.1. The molecular weight excluding hydrogens is 282 g/mol. The van der Waals surface area contributed by atoms with Crippen LogP contribution in [-0.2, 0) is 4.79 Å². The predicted octanol–water partition coefficient (Wildman–Crippen LogP) is 2.69. The van der Waals surface area contributed by atoms with Crippen LogP contribution in [-0.4, -0.2) is 17.4 Å². The molecule has 0 aliphatic carbocycles. The first-order valence-electron chi connectivity index (χ1n) is 5.84. The van der Waals surface area contributed by atoms with Crippen molar-refractivity contribution in [1.29, 1.82) is 0 Å². The number of aromatic nitrogens is 1. The standard InChI is InChI=1S/C12H18BrN3O/c13-11-7-6-10(9-15-11)16-12(17)5-3-1-2-4-8-14/h6-7,9H,1-5,8,14H2,(H,16,17). The van der Waals surface area contributed by atoms with Crippen LogP contribution in [0, 0.1) is 0 Å². The van der Waals surface area contributed by atoms with Gasteiger partial charge in [-0.3, -0.25) is 4.79 Å². The van der Waals surface area contributed by atoms with E-state index >= 15 is 0 Å². The van der Waals surface area contributed by atoms with E-state index in [0.717, 1.165) is 42.5 Å². The first-order chi connectivity index (χ1) is 8.22. The number of carbonyl (C=O) groups excluding carboxylic acids is 1. The maximum Gasteiger partial charge on any atom is 0.224 e. The van der Waals surface area contributed by atoms with Gasteiger partial charge in [0.25, 0.3) is 0 Å². The number of nitrogens with zero attached hydrogens (tertiary/aromatic N) is 1. The molecule has 0 aromatic carbocycles. The lowest BCUT2D eigenvalue weighted by molar-refractivity contribution is -0.116. The largest absolute Gasteiger partial charge is 0.330 e. The van der Waals surface area contributed by atoms with Gasteiger partial charge in [-0.15, -0.1) is 0 Å². The van der Waals surface area contributed by atoms with Crippen LogP contribution < -0.4 is 11.1 Å². The molecule has 0 aliphatic heterocycles. The maximum atomic E-state index is 11.6. The molecular formula is C12H18BrN3O. The van der Waals surface area contributed by atoms with Crippen LogP contribution in [0.3, 0.4) is 0 Å². The summed E-state index contributed by atoms with van der Waals surface area (Å²) < 4.78 is 0.761. The van der Waals surface area contributed by atoms with E-state index < -0.39 is 0 Å². The molecule has 1 heterocycles. The number of nitrogens with two attached hydrogens (primary N) is 1. The van der Waals surface area contributed by atoms with Gasteiger partial charge >= 0.3 is 0 Å². The Kier molecular flexibility index (Phi) is 6.81. The van der Waals surface area contributed by atoms with Crippen LogP contribution in [0.1, 0.15) is 32.1 Å². The van der Waals surface area contributed by atoms with Crippen LogP contribution in [0.25, 0.3) is 0 Å². The Labute approximate surface area is 110 Å². The molecule has 1 rings (SSSR count). The van der Waals surface area contributed by atoms with Gasteiger partial charge in [-0.25, -0.2) is 4.98 Å². The summed E-state index contributed by atoms with van der Waals surface area (Å²) in [5.41, 5.74) is 6.13. The van der Waals surface area contributed by atoms with Crippen molar-refractivity contribution in [2.75, 3.05) is 11.9 Å². The normalized spacial score (nSPS) is 10.2. The van der Waals surface area contributed by atoms with E-state index in [0.29, 0.717) is 6.42 Å². The van der Waals surface area contributed by atoms with E-state index in [1.807, 2.05) is 6.07 Å². The lowest BCUT2D eigenvalue weighted by Gasteiger charge is -2.04. The zero-order chi connectivity index (χ0) is 12.5. The molecule has 0 saturated carbocycles. The molecule has 0 bridgehead atoms. The van der Waals surface area contributed by atoms with Gasteiger partial charge in [0.2, 0.25) is 5.91 Å². The van der Waals surface area contributed by atoms with Crippen molar-refractivity contribution in [2.45, 2.75) is 32.1 Å². The molecule has 0 saturated heterocycles. The van der Waals surface area contributed by atoms with Crippen LogP contribution in [0.4, 0.5) is 5.69 Å². The fourth-order valence-corrected chi connectivity index (χ4v) is 1.69. The molecule has 1 aromatic heterocycles. The number of halogens is 1. The van der Waals surface area contributed by atoms with Crippen molar-refractivity contribution in [1.82, 2.24) is 4.98 Å². The van der Waals surface area contributed by atoms with Crippen LogP contribution in [0.5, 0.6) is 0 Å². The summed E-state index contributed by atoms with van der Waals surface area (Å²) in [5, 5.41) is 2.81. The predicted molar refractivity (Wildman–Crippen MR) is 72.7 cm³/mol. The van der Waals surface area contributed by atoms with E-state index in [2.05, 4.69) is 26.2 Å². The number of amides is 1. The maximum absolute atomic E-state index is 11.6. The molecule has 4 nitrogen and oxygen atoms in total. The number of hydrogen-bond donors (Lipinski definition) is 2. The minimum Gasteiger partial charge on any atom is -0.330 e. The molecule has 17 heavy (non-hydrogen) atoms. The zero-order valence-electron chi connectivity index (χ0n) is 9.79. The lowest BCUT2D eigenvalue weighted by atomic mass is 10.1. The number of pyridine rings is 1. The SMILES string of the molecule is NCCCCCCC(=O)Nc1ccc(Br)nc1. The highest BCUT2D eigenvalue weighted by Gasteiger charge is 2.02. The minimum absolute atomic E-state index is 0.0434. The molecule has 0 spiro atoms. The summed E-state index contributed by atoms with van der Waals surface area (Å²) in [4.78, 5) is 15.6. The third kappa shape index (κ3) is 6.38. The molecule has 3 N–H and O–H groups in total. The third-order valence-corrected chi connectivity index (χ3v) is 2.84. The van der Waals surface area contributed by atoms with Crippen molar-refractivity contribution in [3.63, 3.8) is 0 Å². The molecule has 1 amide bonds.